The lowest BCUT2D eigenvalue weighted by Crippen LogP contribution is -2.60. The molecule has 12 rings (SSSR count). The van der Waals surface area contributed by atoms with Crippen LogP contribution in [0.3, 0.4) is 0 Å². The Morgan fingerprint density at radius 2 is 1.14 bits per heavy atom. The number of anilines is 5. The van der Waals surface area contributed by atoms with Crippen LogP contribution in [0.25, 0.3) is 21.9 Å². The third-order valence-corrected chi connectivity index (χ3v) is 17.9. The second-order valence-electron chi connectivity index (χ2n) is 21.6. The van der Waals surface area contributed by atoms with Gasteiger partial charge in [0.05, 0.1) is 11.1 Å². The summed E-state index contributed by atoms with van der Waals surface area (Å²) in [6.07, 6.45) is 0. The minimum absolute atomic E-state index is 0.0356. The van der Waals surface area contributed by atoms with E-state index in [9.17, 15) is 0 Å². The molecule has 5 heterocycles. The quantitative estimate of drug-likeness (QED) is 0.164. The average Bonchev–Trinajstić information content (AvgIpc) is 3.95. The molecule has 3 nitrogen and oxygen atoms in total. The normalized spacial score (nSPS) is 20.0. The first-order valence-electron chi connectivity index (χ1n) is 23.7. The van der Waals surface area contributed by atoms with Gasteiger partial charge in [-0.15, -0.1) is 23.5 Å². The van der Waals surface area contributed by atoms with Crippen molar-refractivity contribution < 1.29 is 4.42 Å². The summed E-state index contributed by atoms with van der Waals surface area (Å²) in [4.78, 5) is 8.37. The van der Waals surface area contributed by atoms with Gasteiger partial charge in [-0.25, -0.2) is 0 Å². The van der Waals surface area contributed by atoms with Crippen LogP contribution in [0.4, 0.5) is 28.4 Å². The van der Waals surface area contributed by atoms with E-state index < -0.39 is 0 Å². The third-order valence-electron chi connectivity index (χ3n) is 14.7. The van der Waals surface area contributed by atoms with Gasteiger partial charge >= 0.3 is 0 Å². The molecule has 4 unspecified atom stereocenters. The maximum absolute atomic E-state index is 7.08. The van der Waals surface area contributed by atoms with Crippen LogP contribution in [-0.4, -0.2) is 12.1 Å². The number of hydrogen-bond acceptors (Lipinski definition) is 5. The Hall–Kier alpha value is -5.56. The van der Waals surface area contributed by atoms with Gasteiger partial charge in [-0.2, -0.15) is 0 Å². The van der Waals surface area contributed by atoms with E-state index in [0.717, 1.165) is 27.6 Å². The lowest BCUT2D eigenvalue weighted by atomic mass is 9.30. The second kappa shape index (κ2) is 15.0. The number of thioether (sulfide) groups is 2. The van der Waals surface area contributed by atoms with E-state index in [0.29, 0.717) is 0 Å². The summed E-state index contributed by atoms with van der Waals surface area (Å²) in [5.41, 5.74) is 21.6. The number of allylic oxidation sites excluding steroid dienone is 1. The Kier molecular flexibility index (Phi) is 9.49. The topological polar surface area (TPSA) is 19.6 Å². The molecule has 1 aromatic heterocycles. The molecule has 4 aliphatic heterocycles. The maximum atomic E-state index is 7.08. The standard InChI is InChI=1S/C60H57BN2OS2/c1-34-28-35(2)31-38(30-34)50-55(39-32-36(3)29-37(4)33-39)65-57-52-58(66-56(50)57)63(43-24-20-41(21-25-43)60(8,9)10)48-16-13-15-47-51(48)61(52)46-27-26-45-44-14-11-12-17-49(44)64-54(45)53(46)62(47)42-22-18-40(19-23-42)59(5,6)7/h11-33,50,52,55,58H,1-10H3. The Balaban J connectivity index is 1.14. The van der Waals surface area contributed by atoms with Crippen molar-refractivity contribution in [3.05, 3.63) is 194 Å². The van der Waals surface area contributed by atoms with Crippen LogP contribution in [0.5, 0.6) is 0 Å². The highest BCUT2D eigenvalue weighted by Gasteiger charge is 2.59. The van der Waals surface area contributed by atoms with Crippen LogP contribution in [0.1, 0.15) is 97.2 Å². The molecule has 66 heavy (non-hydrogen) atoms. The number of nitrogens with zero attached hydrogens (tertiary/aromatic N) is 2. The Morgan fingerprint density at radius 3 is 1.77 bits per heavy atom. The van der Waals surface area contributed by atoms with Gasteiger partial charge in [0.1, 0.15) is 5.58 Å². The number of aryl methyl sites for hydroxylation is 4. The van der Waals surface area contributed by atoms with Crippen molar-refractivity contribution in [1.82, 2.24) is 0 Å². The van der Waals surface area contributed by atoms with Crippen molar-refractivity contribution in [2.75, 3.05) is 9.80 Å². The summed E-state index contributed by atoms with van der Waals surface area (Å²) in [6, 6.07) is 53.8. The van der Waals surface area contributed by atoms with Crippen LogP contribution < -0.4 is 20.7 Å². The summed E-state index contributed by atoms with van der Waals surface area (Å²) in [5, 5.41) is 2.72. The molecule has 4 atom stereocenters. The van der Waals surface area contributed by atoms with E-state index in [4.69, 9.17) is 4.42 Å². The summed E-state index contributed by atoms with van der Waals surface area (Å²) in [7, 11) is 0. The number of hydrogen-bond donors (Lipinski definition) is 0. The van der Waals surface area contributed by atoms with Crippen LogP contribution in [0, 0.1) is 27.7 Å². The lowest BCUT2D eigenvalue weighted by Gasteiger charge is -2.49. The van der Waals surface area contributed by atoms with Crippen molar-refractivity contribution in [3.63, 3.8) is 0 Å². The van der Waals surface area contributed by atoms with Crippen molar-refractivity contribution in [3.8, 4) is 0 Å². The predicted molar refractivity (Wildman–Crippen MR) is 286 cm³/mol. The van der Waals surface area contributed by atoms with Crippen LogP contribution >= 0.6 is 23.5 Å². The molecule has 0 N–H and O–H groups in total. The fourth-order valence-electron chi connectivity index (χ4n) is 11.8. The first kappa shape index (κ1) is 41.8. The molecule has 0 aliphatic carbocycles. The molecule has 7 aromatic carbocycles. The van der Waals surface area contributed by atoms with Gasteiger partial charge in [-0.3, -0.25) is 0 Å². The zero-order valence-corrected chi connectivity index (χ0v) is 41.4. The Labute approximate surface area is 399 Å². The van der Waals surface area contributed by atoms with Gasteiger partial charge in [-0.05, 0) is 119 Å². The van der Waals surface area contributed by atoms with Crippen LogP contribution in [-0.2, 0) is 10.8 Å². The molecule has 0 saturated heterocycles. The summed E-state index contributed by atoms with van der Waals surface area (Å²) in [5.74, 6) is 0.410. The summed E-state index contributed by atoms with van der Waals surface area (Å²) in [6.45, 7) is 23.0. The monoisotopic (exact) mass is 896 g/mol. The molecule has 4 aliphatic rings. The molecule has 0 bridgehead atoms. The molecular formula is C60H57BN2OS2. The number of benzene rings is 7. The number of furan rings is 1. The van der Waals surface area contributed by atoms with Crippen molar-refractivity contribution in [1.29, 1.82) is 0 Å². The first-order chi connectivity index (χ1) is 31.6. The molecule has 0 spiro atoms. The molecule has 0 saturated carbocycles. The van der Waals surface area contributed by atoms with E-state index in [-0.39, 0.29) is 39.9 Å². The average molecular weight is 897 g/mol. The van der Waals surface area contributed by atoms with Crippen LogP contribution in [0.15, 0.2) is 154 Å². The minimum Gasteiger partial charge on any atom is -0.454 e. The number of rotatable bonds is 4. The van der Waals surface area contributed by atoms with Crippen molar-refractivity contribution in [2.24, 2.45) is 0 Å². The third kappa shape index (κ3) is 6.49. The molecule has 0 fully saturated rings. The maximum Gasteiger partial charge on any atom is 0.228 e. The van der Waals surface area contributed by atoms with E-state index in [1.807, 2.05) is 0 Å². The lowest BCUT2D eigenvalue weighted by molar-refractivity contribution is 0.590. The summed E-state index contributed by atoms with van der Waals surface area (Å²) >= 11 is 4.30. The van der Waals surface area contributed by atoms with Gasteiger partial charge < -0.3 is 14.2 Å². The zero-order valence-electron chi connectivity index (χ0n) is 39.8. The van der Waals surface area contributed by atoms with E-state index in [2.05, 4.69) is 242 Å². The largest absolute Gasteiger partial charge is 0.454 e. The smallest absolute Gasteiger partial charge is 0.228 e. The molecule has 0 radical (unpaired) electrons. The van der Waals surface area contributed by atoms with Gasteiger partial charge in [0.25, 0.3) is 0 Å². The van der Waals surface area contributed by atoms with Gasteiger partial charge in [0.15, 0.2) is 5.58 Å². The molecule has 328 valence electrons. The zero-order chi connectivity index (χ0) is 45.6. The van der Waals surface area contributed by atoms with Crippen LogP contribution in [0.2, 0.25) is 5.82 Å². The highest BCUT2D eigenvalue weighted by molar-refractivity contribution is 8.09. The fraction of sp³-hybridized carbons (Fsp3) is 0.267. The van der Waals surface area contributed by atoms with E-state index in [1.165, 1.54) is 78.2 Å². The van der Waals surface area contributed by atoms with Gasteiger partial charge in [-0.1, -0.05) is 161 Å². The van der Waals surface area contributed by atoms with Crippen molar-refractivity contribution >= 4 is 91.5 Å². The Morgan fingerprint density at radius 1 is 0.545 bits per heavy atom. The highest BCUT2D eigenvalue weighted by atomic mass is 32.2. The van der Waals surface area contributed by atoms with E-state index >= 15 is 0 Å². The molecule has 8 aromatic rings. The molecular weight excluding hydrogens is 840 g/mol. The second-order valence-corrected chi connectivity index (χ2v) is 23.9. The molecule has 6 heteroatoms. The van der Waals surface area contributed by atoms with Crippen molar-refractivity contribution in [2.45, 2.75) is 102 Å². The molecule has 0 amide bonds. The minimum atomic E-state index is 0.0356. The van der Waals surface area contributed by atoms with Gasteiger partial charge in [0, 0.05) is 55.4 Å². The predicted octanol–water partition coefficient (Wildman–Crippen LogP) is 15.9. The first-order valence-corrected chi connectivity index (χ1v) is 25.5. The van der Waals surface area contributed by atoms with Gasteiger partial charge in [0.2, 0.25) is 6.71 Å². The fourth-order valence-corrected chi connectivity index (χ4v) is 15.7. The number of fused-ring (bicyclic) bond motifs is 9. The van der Waals surface area contributed by atoms with E-state index in [1.54, 1.807) is 9.81 Å². The number of para-hydroxylation sites is 1. The Bertz CT molecular complexity index is 3270. The highest BCUT2D eigenvalue weighted by Crippen LogP contribution is 2.71. The SMILES string of the molecule is Cc1cc(C)cc(C2SC3=C(SC4C3B3c5ccc6c(oc7ccccc76)c5N(c5ccc(C(C)(C)C)cc5)c5cccc(c53)N4c3ccc(C(C)(C)C)cc3)C2c2cc(C)cc(C)c2)c1. The summed E-state index contributed by atoms with van der Waals surface area (Å²) < 4.78 is 7.08.